The van der Waals surface area contributed by atoms with Gasteiger partial charge in [-0.1, -0.05) is 83.5 Å². The average Bonchev–Trinajstić information content (AvgIpc) is 2.90. The maximum Gasteiger partial charge on any atom is 0.309 e. The molecule has 3 nitrogen and oxygen atoms in total. The Labute approximate surface area is 243 Å². The Kier molecular flexibility index (Phi) is 6.55. The van der Waals surface area contributed by atoms with Gasteiger partial charge < -0.3 is 9.84 Å². The standard InChI is InChI=1S/C37H54O3/c1-32(2)28-15-18-37(7)29(35(28,5)17-16-30(32)40-24-25-11-9-8-10-12-25)14-13-26-27-23-34(4,31(38)39)20-19-33(27,3)21-22-36(26,37)6/h8-13,27-30H,14-24H2,1-7H3,(H,38,39)/t27?,28?,29?,30?,33-,34+,35+,36-,37-/m1/s1. The minimum atomic E-state index is -0.594. The summed E-state index contributed by atoms with van der Waals surface area (Å²) in [6, 6.07) is 10.7. The lowest BCUT2D eigenvalue weighted by molar-refractivity contribution is -0.213. The van der Waals surface area contributed by atoms with Gasteiger partial charge in [-0.05, 0) is 122 Å². The van der Waals surface area contributed by atoms with E-state index in [9.17, 15) is 9.90 Å². The number of benzene rings is 1. The van der Waals surface area contributed by atoms with Crippen molar-refractivity contribution in [1.82, 2.24) is 0 Å². The van der Waals surface area contributed by atoms with E-state index in [2.05, 4.69) is 78.0 Å². The van der Waals surface area contributed by atoms with E-state index in [1.807, 2.05) is 6.92 Å². The van der Waals surface area contributed by atoms with Crippen LogP contribution in [-0.4, -0.2) is 17.2 Å². The summed E-state index contributed by atoms with van der Waals surface area (Å²) >= 11 is 0. The number of carboxylic acids is 1. The summed E-state index contributed by atoms with van der Waals surface area (Å²) in [6.07, 6.45) is 14.3. The molecule has 0 amide bonds. The van der Waals surface area contributed by atoms with E-state index >= 15 is 0 Å². The lowest BCUT2D eigenvalue weighted by Gasteiger charge is -2.71. The van der Waals surface area contributed by atoms with Crippen molar-refractivity contribution in [1.29, 1.82) is 0 Å². The Hall–Kier alpha value is -1.61. The molecule has 0 bridgehead atoms. The molecule has 0 aliphatic heterocycles. The van der Waals surface area contributed by atoms with Crippen molar-refractivity contribution in [3.05, 3.63) is 47.5 Å². The molecule has 1 aromatic rings. The van der Waals surface area contributed by atoms with Crippen molar-refractivity contribution in [2.45, 2.75) is 125 Å². The molecule has 1 aromatic carbocycles. The van der Waals surface area contributed by atoms with Gasteiger partial charge in [0.1, 0.15) is 0 Å². The van der Waals surface area contributed by atoms with Crippen LogP contribution < -0.4 is 0 Å². The molecule has 3 heteroatoms. The lowest BCUT2D eigenvalue weighted by atomic mass is 9.33. The number of aliphatic carboxylic acids is 1. The Morgan fingerprint density at radius 1 is 0.875 bits per heavy atom. The average molecular weight is 547 g/mol. The monoisotopic (exact) mass is 546 g/mol. The number of allylic oxidation sites excluding steroid dienone is 2. The fourth-order valence-corrected chi connectivity index (χ4v) is 11.6. The van der Waals surface area contributed by atoms with Crippen molar-refractivity contribution in [3.8, 4) is 0 Å². The Bertz CT molecular complexity index is 1190. The summed E-state index contributed by atoms with van der Waals surface area (Å²) in [5.41, 5.74) is 3.45. The maximum atomic E-state index is 12.4. The van der Waals surface area contributed by atoms with Crippen LogP contribution in [0.1, 0.15) is 118 Å². The molecule has 6 rings (SSSR count). The van der Waals surface area contributed by atoms with Crippen LogP contribution in [0, 0.1) is 50.2 Å². The van der Waals surface area contributed by atoms with Crippen LogP contribution in [0.4, 0.5) is 0 Å². The number of fused-ring (bicyclic) bond motifs is 7. The van der Waals surface area contributed by atoms with Crippen LogP contribution >= 0.6 is 0 Å². The quantitative estimate of drug-likeness (QED) is 0.383. The SMILES string of the molecule is CC1(C)C(OCc2ccccc2)CC[C@@]2(C)C1CC[C@]1(C)C2CC=C2C3C[C@@](C)(C(=O)O)CC[C@]3(C)CC[C@]21C. The number of hydrogen-bond acceptors (Lipinski definition) is 2. The zero-order valence-electron chi connectivity index (χ0n) is 26.3. The van der Waals surface area contributed by atoms with Crippen molar-refractivity contribution >= 4 is 5.97 Å². The van der Waals surface area contributed by atoms with Crippen LogP contribution in [0.2, 0.25) is 0 Å². The van der Waals surface area contributed by atoms with Crippen LogP contribution in [0.25, 0.3) is 0 Å². The van der Waals surface area contributed by atoms with Crippen molar-refractivity contribution < 1.29 is 14.6 Å². The Morgan fingerprint density at radius 2 is 1.57 bits per heavy atom. The molecular formula is C37H54O3. The molecule has 5 aliphatic rings. The summed E-state index contributed by atoms with van der Waals surface area (Å²) in [7, 11) is 0. The predicted octanol–water partition coefficient (Wildman–Crippen LogP) is 9.46. The molecule has 220 valence electrons. The summed E-state index contributed by atoms with van der Waals surface area (Å²) in [4.78, 5) is 12.4. The van der Waals surface area contributed by atoms with Gasteiger partial charge in [-0.3, -0.25) is 4.79 Å². The second-order valence-corrected chi connectivity index (χ2v) is 16.7. The fourth-order valence-electron chi connectivity index (χ4n) is 11.6. The highest BCUT2D eigenvalue weighted by molar-refractivity contribution is 5.74. The normalized spacial score (nSPS) is 47.6. The topological polar surface area (TPSA) is 46.5 Å². The first-order valence-corrected chi connectivity index (χ1v) is 16.3. The Balaban J connectivity index is 1.30. The first kappa shape index (κ1) is 28.5. The molecule has 0 aromatic heterocycles. The van der Waals surface area contributed by atoms with E-state index < -0.39 is 11.4 Å². The van der Waals surface area contributed by atoms with Crippen molar-refractivity contribution in [2.75, 3.05) is 0 Å². The molecule has 0 saturated heterocycles. The number of carbonyl (C=O) groups is 1. The highest BCUT2D eigenvalue weighted by atomic mass is 16.5. The first-order chi connectivity index (χ1) is 18.7. The van der Waals surface area contributed by atoms with Gasteiger partial charge >= 0.3 is 5.97 Å². The van der Waals surface area contributed by atoms with Gasteiger partial charge in [-0.15, -0.1) is 0 Å². The van der Waals surface area contributed by atoms with Crippen molar-refractivity contribution in [2.24, 2.45) is 50.2 Å². The Morgan fingerprint density at radius 3 is 2.27 bits per heavy atom. The molecule has 5 aliphatic carbocycles. The van der Waals surface area contributed by atoms with Crippen LogP contribution in [0.3, 0.4) is 0 Å². The minimum Gasteiger partial charge on any atom is -0.481 e. The molecular weight excluding hydrogens is 492 g/mol. The number of rotatable bonds is 4. The highest BCUT2D eigenvalue weighted by Gasteiger charge is 2.68. The van der Waals surface area contributed by atoms with Crippen molar-refractivity contribution in [3.63, 3.8) is 0 Å². The summed E-state index contributed by atoms with van der Waals surface area (Å²) in [6.45, 7) is 18.1. The van der Waals surface area contributed by atoms with E-state index in [-0.39, 0.29) is 21.7 Å². The molecule has 1 N–H and O–H groups in total. The third kappa shape index (κ3) is 3.88. The van der Waals surface area contributed by atoms with E-state index in [4.69, 9.17) is 4.74 Å². The minimum absolute atomic E-state index is 0.145. The van der Waals surface area contributed by atoms with Gasteiger partial charge in [0, 0.05) is 0 Å². The maximum absolute atomic E-state index is 12.4. The molecule has 0 radical (unpaired) electrons. The van der Waals surface area contributed by atoms with Gasteiger partial charge in [0.25, 0.3) is 0 Å². The van der Waals surface area contributed by atoms with E-state index in [1.54, 1.807) is 5.57 Å². The third-order valence-corrected chi connectivity index (χ3v) is 14.6. The van der Waals surface area contributed by atoms with Gasteiger partial charge in [0.05, 0.1) is 18.1 Å². The van der Waals surface area contributed by atoms with Gasteiger partial charge in [-0.25, -0.2) is 0 Å². The highest BCUT2D eigenvalue weighted by Crippen LogP contribution is 2.75. The summed E-state index contributed by atoms with van der Waals surface area (Å²) < 4.78 is 6.69. The smallest absolute Gasteiger partial charge is 0.309 e. The van der Waals surface area contributed by atoms with Crippen LogP contribution in [-0.2, 0) is 16.1 Å². The van der Waals surface area contributed by atoms with Crippen LogP contribution in [0.15, 0.2) is 42.0 Å². The first-order valence-electron chi connectivity index (χ1n) is 16.3. The van der Waals surface area contributed by atoms with E-state index in [0.29, 0.717) is 35.9 Å². The van der Waals surface area contributed by atoms with Gasteiger partial charge in [-0.2, -0.15) is 0 Å². The zero-order chi connectivity index (χ0) is 28.8. The van der Waals surface area contributed by atoms with E-state index in [1.165, 1.54) is 37.7 Å². The third-order valence-electron chi connectivity index (χ3n) is 14.6. The largest absolute Gasteiger partial charge is 0.481 e. The van der Waals surface area contributed by atoms with Gasteiger partial charge in [0.2, 0.25) is 0 Å². The zero-order valence-corrected chi connectivity index (χ0v) is 26.3. The molecule has 4 fully saturated rings. The molecule has 4 saturated carbocycles. The number of hydrogen-bond donors (Lipinski definition) is 1. The second-order valence-electron chi connectivity index (χ2n) is 16.7. The summed E-state index contributed by atoms with van der Waals surface area (Å²) in [5.74, 6) is 1.14. The number of carboxylic acid groups (broad SMARTS) is 1. The molecule has 4 unspecified atom stereocenters. The molecule has 0 heterocycles. The second kappa shape index (κ2) is 9.19. The summed E-state index contributed by atoms with van der Waals surface area (Å²) in [5, 5.41) is 10.2. The van der Waals surface area contributed by atoms with Crippen LogP contribution in [0.5, 0.6) is 0 Å². The predicted molar refractivity (Wildman–Crippen MR) is 162 cm³/mol. The fraction of sp³-hybridized carbons (Fsp3) is 0.757. The molecule has 0 spiro atoms. The van der Waals surface area contributed by atoms with E-state index in [0.717, 1.165) is 32.1 Å². The van der Waals surface area contributed by atoms with Gasteiger partial charge in [0.15, 0.2) is 0 Å². The number of ether oxygens (including phenoxy) is 1. The molecule has 9 atom stereocenters. The lowest BCUT2D eigenvalue weighted by Crippen LogP contribution is -2.64. The molecule has 40 heavy (non-hydrogen) atoms.